The predicted molar refractivity (Wildman–Crippen MR) is 67.3 cm³/mol. The first-order valence-electron chi connectivity index (χ1n) is 6.06. The number of hydrogen-bond acceptors (Lipinski definition) is 3. The summed E-state index contributed by atoms with van der Waals surface area (Å²) in [6.07, 6.45) is -3.70. The zero-order chi connectivity index (χ0) is 14.5. The first kappa shape index (κ1) is 15.9. The average Bonchev–Trinajstić information content (AvgIpc) is 2.33. The van der Waals surface area contributed by atoms with Gasteiger partial charge < -0.3 is 4.74 Å². The highest BCUT2D eigenvalue weighted by molar-refractivity contribution is 5.25. The van der Waals surface area contributed by atoms with Crippen LogP contribution in [0.2, 0.25) is 0 Å². The Bertz CT molecular complexity index is 376. The Kier molecular flexibility index (Phi) is 5.78. The first-order chi connectivity index (χ1) is 8.82. The van der Waals surface area contributed by atoms with E-state index in [9.17, 15) is 13.2 Å². The molecule has 0 saturated carbocycles. The summed E-state index contributed by atoms with van der Waals surface area (Å²) in [6, 6.07) is 4.95. The third kappa shape index (κ3) is 5.59. The fourth-order valence-corrected chi connectivity index (χ4v) is 1.59. The lowest BCUT2D eigenvalue weighted by Crippen LogP contribution is -2.40. The van der Waals surface area contributed by atoms with Gasteiger partial charge in [-0.25, -0.2) is 0 Å². The van der Waals surface area contributed by atoms with Gasteiger partial charge in [0, 0.05) is 6.04 Å². The maximum atomic E-state index is 12.4. The van der Waals surface area contributed by atoms with E-state index in [1.54, 1.807) is 0 Å². The number of halogens is 3. The number of ether oxygens (including phenoxy) is 1. The summed E-state index contributed by atoms with van der Waals surface area (Å²) in [5.74, 6) is 5.40. The molecule has 0 saturated heterocycles. The number of hydrogen-bond donors (Lipinski definition) is 2. The van der Waals surface area contributed by atoms with Crippen LogP contribution in [0.15, 0.2) is 24.3 Å². The highest BCUT2D eigenvalue weighted by atomic mass is 19.4. The van der Waals surface area contributed by atoms with E-state index in [-0.39, 0.29) is 12.1 Å². The third-order valence-electron chi connectivity index (χ3n) is 2.63. The van der Waals surface area contributed by atoms with Crippen molar-refractivity contribution in [2.24, 2.45) is 5.84 Å². The molecule has 0 aliphatic heterocycles. The average molecular weight is 276 g/mol. The molecular formula is C13H19F3N2O. The van der Waals surface area contributed by atoms with Crippen molar-refractivity contribution >= 4 is 0 Å². The maximum Gasteiger partial charge on any atom is 0.416 e. The van der Waals surface area contributed by atoms with Gasteiger partial charge in [0.05, 0.1) is 18.3 Å². The molecule has 108 valence electrons. The number of rotatable bonds is 6. The SMILES string of the molecule is CC(C)OCC(Cc1ccc(C(F)(F)F)cc1)NN. The zero-order valence-corrected chi connectivity index (χ0v) is 11.0. The van der Waals surface area contributed by atoms with Crippen molar-refractivity contribution in [3.8, 4) is 0 Å². The third-order valence-corrected chi connectivity index (χ3v) is 2.63. The predicted octanol–water partition coefficient (Wildman–Crippen LogP) is 2.50. The maximum absolute atomic E-state index is 12.4. The molecule has 19 heavy (non-hydrogen) atoms. The molecule has 0 bridgehead atoms. The summed E-state index contributed by atoms with van der Waals surface area (Å²) in [5, 5.41) is 0. The van der Waals surface area contributed by atoms with Crippen LogP contribution in [0, 0.1) is 0 Å². The molecule has 0 fully saturated rings. The number of nitrogens with one attached hydrogen (secondary N) is 1. The molecule has 1 aromatic rings. The van der Waals surface area contributed by atoms with Crippen molar-refractivity contribution < 1.29 is 17.9 Å². The summed E-state index contributed by atoms with van der Waals surface area (Å²) in [6.45, 7) is 4.23. The first-order valence-corrected chi connectivity index (χ1v) is 6.06. The van der Waals surface area contributed by atoms with Gasteiger partial charge in [-0.3, -0.25) is 11.3 Å². The van der Waals surface area contributed by atoms with Crippen LogP contribution < -0.4 is 11.3 Å². The lowest BCUT2D eigenvalue weighted by Gasteiger charge is -2.18. The molecule has 1 aromatic carbocycles. The van der Waals surface area contributed by atoms with Crippen LogP contribution in [-0.4, -0.2) is 18.8 Å². The highest BCUT2D eigenvalue weighted by Gasteiger charge is 2.29. The fraction of sp³-hybridized carbons (Fsp3) is 0.538. The van der Waals surface area contributed by atoms with Gasteiger partial charge in [-0.05, 0) is 38.0 Å². The van der Waals surface area contributed by atoms with Crippen molar-refractivity contribution in [3.63, 3.8) is 0 Å². The minimum Gasteiger partial charge on any atom is -0.377 e. The topological polar surface area (TPSA) is 47.3 Å². The molecule has 3 N–H and O–H groups in total. The van der Waals surface area contributed by atoms with E-state index in [0.717, 1.165) is 17.7 Å². The standard InChI is InChI=1S/C13H19F3N2O/c1-9(2)19-8-12(18-17)7-10-3-5-11(6-4-10)13(14,15)16/h3-6,9,12,18H,7-8,17H2,1-2H3. The molecular weight excluding hydrogens is 257 g/mol. The minimum absolute atomic E-state index is 0.0865. The Labute approximate surface area is 110 Å². The smallest absolute Gasteiger partial charge is 0.377 e. The summed E-state index contributed by atoms with van der Waals surface area (Å²) in [7, 11) is 0. The molecule has 0 heterocycles. The van der Waals surface area contributed by atoms with E-state index in [4.69, 9.17) is 10.6 Å². The summed E-state index contributed by atoms with van der Waals surface area (Å²) >= 11 is 0. The van der Waals surface area contributed by atoms with Crippen molar-refractivity contribution in [3.05, 3.63) is 35.4 Å². The molecule has 0 spiro atoms. The van der Waals surface area contributed by atoms with E-state index in [2.05, 4.69) is 5.43 Å². The lowest BCUT2D eigenvalue weighted by atomic mass is 10.0. The second-order valence-electron chi connectivity index (χ2n) is 4.64. The molecule has 0 aliphatic carbocycles. The van der Waals surface area contributed by atoms with Crippen LogP contribution >= 0.6 is 0 Å². The van der Waals surface area contributed by atoms with E-state index < -0.39 is 11.7 Å². The van der Waals surface area contributed by atoms with E-state index in [1.807, 2.05) is 13.8 Å². The molecule has 1 rings (SSSR count). The Morgan fingerprint density at radius 3 is 2.21 bits per heavy atom. The monoisotopic (exact) mass is 276 g/mol. The van der Waals surface area contributed by atoms with E-state index >= 15 is 0 Å². The van der Waals surface area contributed by atoms with Crippen LogP contribution in [0.3, 0.4) is 0 Å². The van der Waals surface area contributed by atoms with Crippen LogP contribution in [0.5, 0.6) is 0 Å². The lowest BCUT2D eigenvalue weighted by molar-refractivity contribution is -0.137. The van der Waals surface area contributed by atoms with E-state index in [1.165, 1.54) is 12.1 Å². The molecule has 0 amide bonds. The summed E-state index contributed by atoms with van der Waals surface area (Å²) in [5.41, 5.74) is 2.74. The molecule has 6 heteroatoms. The molecule has 1 atom stereocenters. The van der Waals surface area contributed by atoms with Crippen LogP contribution in [0.4, 0.5) is 13.2 Å². The van der Waals surface area contributed by atoms with Crippen molar-refractivity contribution in [1.82, 2.24) is 5.43 Å². The number of benzene rings is 1. The van der Waals surface area contributed by atoms with Crippen LogP contribution in [-0.2, 0) is 17.3 Å². The van der Waals surface area contributed by atoms with Gasteiger partial charge >= 0.3 is 6.18 Å². The number of nitrogens with two attached hydrogens (primary N) is 1. The van der Waals surface area contributed by atoms with Gasteiger partial charge in [0.1, 0.15) is 0 Å². The summed E-state index contributed by atoms with van der Waals surface area (Å²) < 4.78 is 42.6. The van der Waals surface area contributed by atoms with Gasteiger partial charge in [-0.2, -0.15) is 13.2 Å². The quantitative estimate of drug-likeness (QED) is 0.620. The van der Waals surface area contributed by atoms with Gasteiger partial charge in [-0.1, -0.05) is 12.1 Å². The fourth-order valence-electron chi connectivity index (χ4n) is 1.59. The van der Waals surface area contributed by atoms with Crippen molar-refractivity contribution in [2.75, 3.05) is 6.61 Å². The Morgan fingerprint density at radius 2 is 1.79 bits per heavy atom. The van der Waals surface area contributed by atoms with Gasteiger partial charge in [-0.15, -0.1) is 0 Å². The molecule has 0 aliphatic rings. The zero-order valence-electron chi connectivity index (χ0n) is 11.0. The molecule has 0 radical (unpaired) electrons. The summed E-state index contributed by atoms with van der Waals surface area (Å²) in [4.78, 5) is 0. The highest BCUT2D eigenvalue weighted by Crippen LogP contribution is 2.29. The number of alkyl halides is 3. The Hall–Kier alpha value is -1.11. The largest absolute Gasteiger partial charge is 0.416 e. The second kappa shape index (κ2) is 6.88. The van der Waals surface area contributed by atoms with Crippen molar-refractivity contribution in [2.45, 2.75) is 38.6 Å². The van der Waals surface area contributed by atoms with E-state index in [0.29, 0.717) is 13.0 Å². The Balaban J connectivity index is 2.60. The van der Waals surface area contributed by atoms with Crippen LogP contribution in [0.25, 0.3) is 0 Å². The minimum atomic E-state index is -4.30. The van der Waals surface area contributed by atoms with Crippen LogP contribution in [0.1, 0.15) is 25.0 Å². The molecule has 0 aromatic heterocycles. The molecule has 3 nitrogen and oxygen atoms in total. The second-order valence-corrected chi connectivity index (χ2v) is 4.64. The normalized spacial score (nSPS) is 13.8. The van der Waals surface area contributed by atoms with Gasteiger partial charge in [0.2, 0.25) is 0 Å². The van der Waals surface area contributed by atoms with Gasteiger partial charge in [0.15, 0.2) is 0 Å². The van der Waals surface area contributed by atoms with Gasteiger partial charge in [0.25, 0.3) is 0 Å². The number of hydrazine groups is 1. The Morgan fingerprint density at radius 1 is 1.21 bits per heavy atom. The molecule has 1 unspecified atom stereocenters. The van der Waals surface area contributed by atoms with Crippen molar-refractivity contribution in [1.29, 1.82) is 0 Å².